The van der Waals surface area contributed by atoms with Crippen molar-refractivity contribution in [2.45, 2.75) is 6.92 Å². The molecule has 0 aromatic heterocycles. The Morgan fingerprint density at radius 1 is 1.42 bits per heavy atom. The first-order chi connectivity index (χ1) is 5.74. The van der Waals surface area contributed by atoms with Crippen LogP contribution in [0.25, 0.3) is 0 Å². The van der Waals surface area contributed by atoms with Crippen LogP contribution in [0.3, 0.4) is 0 Å². The lowest BCUT2D eigenvalue weighted by atomic mass is 10.2. The first kappa shape index (κ1) is 9.36. The summed E-state index contributed by atoms with van der Waals surface area (Å²) in [6.07, 6.45) is 0. The third-order valence-corrected chi connectivity index (χ3v) is 1.88. The van der Waals surface area contributed by atoms with E-state index in [-0.39, 0.29) is 0 Å². The molecular formula is C9H13ClN2. The quantitative estimate of drug-likeness (QED) is 0.705. The number of rotatable bonds is 3. The molecule has 1 aromatic rings. The number of anilines is 1. The third kappa shape index (κ3) is 2.40. The smallest absolute Gasteiger partial charge is 0.0650 e. The molecule has 0 aliphatic carbocycles. The number of hydrogen-bond donors (Lipinski definition) is 2. The van der Waals surface area contributed by atoms with Gasteiger partial charge in [-0.25, -0.2) is 0 Å². The number of aryl methyl sites for hydroxylation is 1. The third-order valence-electron chi connectivity index (χ3n) is 1.64. The molecule has 0 saturated carbocycles. The number of halogens is 1. The molecule has 0 saturated heterocycles. The number of benzene rings is 1. The molecule has 0 aliphatic rings. The molecule has 0 heterocycles. The first-order valence-electron chi connectivity index (χ1n) is 3.88. The molecule has 0 bridgehead atoms. The maximum absolute atomic E-state index is 5.81. The summed E-state index contributed by atoms with van der Waals surface area (Å²) in [7, 11) is 1.90. The molecule has 2 N–H and O–H groups in total. The van der Waals surface area contributed by atoms with Crippen LogP contribution in [0.5, 0.6) is 0 Å². The predicted molar refractivity (Wildman–Crippen MR) is 53.7 cm³/mol. The second-order valence-electron chi connectivity index (χ2n) is 2.67. The zero-order valence-corrected chi connectivity index (χ0v) is 8.07. The lowest BCUT2D eigenvalue weighted by Gasteiger charge is -2.08. The fraction of sp³-hybridized carbons (Fsp3) is 0.333. The predicted octanol–water partition coefficient (Wildman–Crippen LogP) is 2.24. The van der Waals surface area contributed by atoms with Gasteiger partial charge in [-0.3, -0.25) is 0 Å². The van der Waals surface area contributed by atoms with Gasteiger partial charge in [0.15, 0.2) is 0 Å². The second-order valence-corrected chi connectivity index (χ2v) is 3.10. The molecule has 0 fully saturated rings. The average Bonchev–Trinajstić information content (AvgIpc) is 2.03. The van der Waals surface area contributed by atoms with Crippen LogP contribution in [0.2, 0.25) is 5.02 Å². The summed E-state index contributed by atoms with van der Waals surface area (Å²) in [4.78, 5) is 0. The normalized spacial score (nSPS) is 9.92. The van der Waals surface area contributed by atoms with E-state index in [1.165, 1.54) is 0 Å². The molecule has 1 rings (SSSR count). The van der Waals surface area contributed by atoms with E-state index in [1.54, 1.807) is 0 Å². The minimum absolute atomic E-state index is 0.766. The minimum atomic E-state index is 0.766. The van der Waals surface area contributed by atoms with Gasteiger partial charge in [-0.1, -0.05) is 11.6 Å². The highest BCUT2D eigenvalue weighted by Gasteiger charge is 1.96. The zero-order valence-electron chi connectivity index (χ0n) is 7.32. The van der Waals surface area contributed by atoms with E-state index in [2.05, 4.69) is 10.6 Å². The van der Waals surface area contributed by atoms with Crippen molar-refractivity contribution in [1.29, 1.82) is 0 Å². The van der Waals surface area contributed by atoms with E-state index in [4.69, 9.17) is 11.6 Å². The summed E-state index contributed by atoms with van der Waals surface area (Å²) in [5.41, 5.74) is 2.28. The highest BCUT2D eigenvalue weighted by atomic mass is 35.5. The molecule has 3 heteroatoms. The van der Waals surface area contributed by atoms with Crippen LogP contribution in [0.15, 0.2) is 18.2 Å². The van der Waals surface area contributed by atoms with Crippen LogP contribution < -0.4 is 10.6 Å². The van der Waals surface area contributed by atoms with E-state index < -0.39 is 0 Å². The van der Waals surface area contributed by atoms with Crippen molar-refractivity contribution >= 4 is 17.3 Å². The van der Waals surface area contributed by atoms with Crippen LogP contribution in [0, 0.1) is 6.92 Å². The van der Waals surface area contributed by atoms with Gasteiger partial charge in [0.2, 0.25) is 0 Å². The lowest BCUT2D eigenvalue weighted by molar-refractivity contribution is 0.873. The molecule has 0 unspecified atom stereocenters. The van der Waals surface area contributed by atoms with Crippen LogP contribution in [-0.4, -0.2) is 13.7 Å². The van der Waals surface area contributed by atoms with Crippen molar-refractivity contribution in [1.82, 2.24) is 5.32 Å². The molecule has 0 spiro atoms. The fourth-order valence-electron chi connectivity index (χ4n) is 1.01. The Balaban J connectivity index is 2.72. The Morgan fingerprint density at radius 2 is 2.17 bits per heavy atom. The van der Waals surface area contributed by atoms with Gasteiger partial charge in [0.05, 0.1) is 6.67 Å². The van der Waals surface area contributed by atoms with Gasteiger partial charge < -0.3 is 10.6 Å². The fourth-order valence-corrected chi connectivity index (χ4v) is 1.24. The molecule has 0 radical (unpaired) electrons. The van der Waals surface area contributed by atoms with E-state index in [0.717, 1.165) is 22.9 Å². The standard InChI is InChI=1S/C9H13ClN2/c1-7-5-8(10)3-4-9(7)12-6-11-2/h3-5,11-12H,6H2,1-2H3. The maximum Gasteiger partial charge on any atom is 0.0650 e. The molecular weight excluding hydrogens is 172 g/mol. The topological polar surface area (TPSA) is 24.1 Å². The van der Waals surface area contributed by atoms with Crippen LogP contribution in [0.4, 0.5) is 5.69 Å². The number of nitrogens with one attached hydrogen (secondary N) is 2. The minimum Gasteiger partial charge on any atom is -0.372 e. The Hall–Kier alpha value is -0.730. The summed E-state index contributed by atoms with van der Waals surface area (Å²) >= 11 is 5.81. The van der Waals surface area contributed by atoms with Crippen LogP contribution in [0.1, 0.15) is 5.56 Å². The SMILES string of the molecule is CNCNc1ccc(Cl)cc1C. The Kier molecular flexibility index (Phi) is 3.38. The lowest BCUT2D eigenvalue weighted by Crippen LogP contribution is -2.17. The van der Waals surface area contributed by atoms with Gasteiger partial charge in [0.25, 0.3) is 0 Å². The monoisotopic (exact) mass is 184 g/mol. The Labute approximate surface area is 77.9 Å². The zero-order chi connectivity index (χ0) is 8.97. The maximum atomic E-state index is 5.81. The van der Waals surface area contributed by atoms with E-state index in [1.807, 2.05) is 32.2 Å². The van der Waals surface area contributed by atoms with E-state index >= 15 is 0 Å². The molecule has 12 heavy (non-hydrogen) atoms. The highest BCUT2D eigenvalue weighted by Crippen LogP contribution is 2.18. The van der Waals surface area contributed by atoms with Gasteiger partial charge in [-0.05, 0) is 37.7 Å². The first-order valence-corrected chi connectivity index (χ1v) is 4.26. The highest BCUT2D eigenvalue weighted by molar-refractivity contribution is 6.30. The van der Waals surface area contributed by atoms with Crippen molar-refractivity contribution in [2.24, 2.45) is 0 Å². The molecule has 0 atom stereocenters. The average molecular weight is 185 g/mol. The summed E-state index contributed by atoms with van der Waals surface area (Å²) < 4.78 is 0. The van der Waals surface area contributed by atoms with E-state index in [9.17, 15) is 0 Å². The van der Waals surface area contributed by atoms with E-state index in [0.29, 0.717) is 0 Å². The Bertz CT molecular complexity index is 261. The van der Waals surface area contributed by atoms with Gasteiger partial charge >= 0.3 is 0 Å². The van der Waals surface area contributed by atoms with Crippen LogP contribution >= 0.6 is 11.6 Å². The number of hydrogen-bond acceptors (Lipinski definition) is 2. The summed E-state index contributed by atoms with van der Waals surface area (Å²) in [6, 6.07) is 5.81. The van der Waals surface area contributed by atoms with Gasteiger partial charge in [0, 0.05) is 10.7 Å². The Morgan fingerprint density at radius 3 is 2.75 bits per heavy atom. The largest absolute Gasteiger partial charge is 0.372 e. The van der Waals surface area contributed by atoms with Crippen molar-refractivity contribution in [3.05, 3.63) is 28.8 Å². The molecule has 0 amide bonds. The van der Waals surface area contributed by atoms with Crippen molar-refractivity contribution in [3.8, 4) is 0 Å². The summed E-state index contributed by atoms with van der Waals surface area (Å²) in [6.45, 7) is 2.80. The molecule has 0 aliphatic heterocycles. The van der Waals surface area contributed by atoms with Crippen LogP contribution in [-0.2, 0) is 0 Å². The van der Waals surface area contributed by atoms with Gasteiger partial charge in [-0.15, -0.1) is 0 Å². The van der Waals surface area contributed by atoms with Gasteiger partial charge in [0.1, 0.15) is 0 Å². The van der Waals surface area contributed by atoms with Crippen molar-refractivity contribution in [2.75, 3.05) is 19.0 Å². The molecule has 66 valence electrons. The van der Waals surface area contributed by atoms with Gasteiger partial charge in [-0.2, -0.15) is 0 Å². The summed E-state index contributed by atoms with van der Waals surface area (Å²) in [5, 5.41) is 7.01. The summed E-state index contributed by atoms with van der Waals surface area (Å²) in [5.74, 6) is 0. The molecule has 1 aromatic carbocycles. The van der Waals surface area contributed by atoms with Crippen molar-refractivity contribution in [3.63, 3.8) is 0 Å². The second kappa shape index (κ2) is 4.33. The molecule has 2 nitrogen and oxygen atoms in total. The van der Waals surface area contributed by atoms with Crippen molar-refractivity contribution < 1.29 is 0 Å².